The Bertz CT molecular complexity index is 963. The summed E-state index contributed by atoms with van der Waals surface area (Å²) in [5, 5.41) is 0. The number of fused-ring (bicyclic) bond motifs is 4. The van der Waals surface area contributed by atoms with Gasteiger partial charge in [-0.25, -0.2) is 0 Å². The Morgan fingerprint density at radius 2 is 1.32 bits per heavy atom. The first-order chi connectivity index (χ1) is 12.2. The van der Waals surface area contributed by atoms with Crippen LogP contribution in [0.15, 0.2) is 60.7 Å². The zero-order valence-corrected chi connectivity index (χ0v) is 14.5. The lowest BCUT2D eigenvalue weighted by atomic mass is 9.34. The van der Waals surface area contributed by atoms with Gasteiger partial charge < -0.3 is 9.47 Å². The standard InChI is InChI=1S/C22H19BO2/c1-14(2)13-15-7-5-10-18-21(15)23-16-8-3-4-9-17(16)24-19-11-6-12-20(25-18)22(19)23/h3-12,14H,13H2,1-2H3. The minimum atomic E-state index is 0.176. The van der Waals surface area contributed by atoms with Crippen LogP contribution in [0.4, 0.5) is 0 Å². The molecule has 3 aromatic carbocycles. The van der Waals surface area contributed by atoms with Crippen molar-refractivity contribution in [2.75, 3.05) is 0 Å². The molecule has 0 unspecified atom stereocenters. The van der Waals surface area contributed by atoms with Crippen LogP contribution in [-0.4, -0.2) is 6.71 Å². The molecule has 3 heteroatoms. The molecule has 122 valence electrons. The predicted molar refractivity (Wildman–Crippen MR) is 103 cm³/mol. The molecule has 3 aromatic rings. The number of hydrogen-bond acceptors (Lipinski definition) is 2. The molecule has 0 saturated carbocycles. The average molecular weight is 326 g/mol. The van der Waals surface area contributed by atoms with Crippen LogP contribution in [0, 0.1) is 5.92 Å². The molecule has 2 nitrogen and oxygen atoms in total. The fourth-order valence-corrected chi connectivity index (χ4v) is 4.11. The van der Waals surface area contributed by atoms with E-state index >= 15 is 0 Å². The van der Waals surface area contributed by atoms with Gasteiger partial charge in [0, 0.05) is 5.46 Å². The van der Waals surface area contributed by atoms with Crippen molar-refractivity contribution >= 4 is 23.1 Å². The van der Waals surface area contributed by atoms with Gasteiger partial charge in [0.05, 0.1) is 0 Å². The Morgan fingerprint density at radius 3 is 2.08 bits per heavy atom. The summed E-state index contributed by atoms with van der Waals surface area (Å²) in [5.41, 5.74) is 5.05. The average Bonchev–Trinajstić information content (AvgIpc) is 2.61. The summed E-state index contributed by atoms with van der Waals surface area (Å²) in [4.78, 5) is 0. The molecule has 0 N–H and O–H groups in total. The molecule has 0 aliphatic carbocycles. The molecular formula is C22H19BO2. The lowest BCUT2D eigenvalue weighted by Gasteiger charge is -2.34. The Balaban J connectivity index is 1.81. The van der Waals surface area contributed by atoms with Crippen LogP contribution in [0.2, 0.25) is 0 Å². The second kappa shape index (κ2) is 5.42. The highest BCUT2D eigenvalue weighted by molar-refractivity contribution is 6.98. The van der Waals surface area contributed by atoms with E-state index in [0.29, 0.717) is 5.92 Å². The van der Waals surface area contributed by atoms with E-state index in [4.69, 9.17) is 9.47 Å². The maximum absolute atomic E-state index is 6.28. The van der Waals surface area contributed by atoms with E-state index in [1.54, 1.807) is 0 Å². The van der Waals surface area contributed by atoms with E-state index in [1.165, 1.54) is 16.5 Å². The molecular weight excluding hydrogens is 307 g/mol. The molecule has 2 heterocycles. The second-order valence-electron chi connectivity index (χ2n) is 7.27. The molecule has 25 heavy (non-hydrogen) atoms. The molecule has 0 aromatic heterocycles. The van der Waals surface area contributed by atoms with Gasteiger partial charge in [0.2, 0.25) is 0 Å². The van der Waals surface area contributed by atoms with Crippen LogP contribution in [0.25, 0.3) is 0 Å². The number of hydrogen-bond donors (Lipinski definition) is 0. The van der Waals surface area contributed by atoms with E-state index in [2.05, 4.69) is 50.2 Å². The van der Waals surface area contributed by atoms with Gasteiger partial charge in [-0.05, 0) is 53.1 Å². The first-order valence-electron chi connectivity index (χ1n) is 8.91. The van der Waals surface area contributed by atoms with Gasteiger partial charge in [-0.2, -0.15) is 0 Å². The fraction of sp³-hybridized carbons (Fsp3) is 0.182. The second-order valence-corrected chi connectivity index (χ2v) is 7.27. The van der Waals surface area contributed by atoms with Crippen molar-refractivity contribution < 1.29 is 9.47 Å². The normalized spacial score (nSPS) is 13.5. The van der Waals surface area contributed by atoms with Gasteiger partial charge in [0.1, 0.15) is 23.0 Å². The van der Waals surface area contributed by atoms with Crippen molar-refractivity contribution in [1.29, 1.82) is 0 Å². The summed E-state index contributed by atoms with van der Waals surface area (Å²) in [6, 6.07) is 20.9. The number of ether oxygens (including phenoxy) is 2. The lowest BCUT2D eigenvalue weighted by Crippen LogP contribution is -2.58. The third-order valence-corrected chi connectivity index (χ3v) is 5.06. The van der Waals surface area contributed by atoms with Crippen molar-refractivity contribution in [3.05, 3.63) is 66.2 Å². The molecule has 0 bridgehead atoms. The Kier molecular flexibility index (Phi) is 3.17. The third kappa shape index (κ3) is 2.19. The maximum atomic E-state index is 6.28. The van der Waals surface area contributed by atoms with E-state index in [1.807, 2.05) is 24.3 Å². The van der Waals surface area contributed by atoms with Crippen LogP contribution in [0.3, 0.4) is 0 Å². The summed E-state index contributed by atoms with van der Waals surface area (Å²) in [7, 11) is 0. The van der Waals surface area contributed by atoms with Crippen molar-refractivity contribution in [3.8, 4) is 23.0 Å². The van der Waals surface area contributed by atoms with Gasteiger partial charge in [0.15, 0.2) is 0 Å². The molecule has 0 saturated heterocycles. The minimum Gasteiger partial charge on any atom is -0.458 e. The number of benzene rings is 3. The van der Waals surface area contributed by atoms with Crippen LogP contribution in [-0.2, 0) is 6.42 Å². The summed E-state index contributed by atoms with van der Waals surface area (Å²) < 4.78 is 12.5. The first kappa shape index (κ1) is 14.6. The largest absolute Gasteiger partial charge is 0.458 e. The summed E-state index contributed by atoms with van der Waals surface area (Å²) in [6.45, 7) is 4.70. The van der Waals surface area contributed by atoms with Gasteiger partial charge in [0.25, 0.3) is 6.71 Å². The van der Waals surface area contributed by atoms with Crippen molar-refractivity contribution in [3.63, 3.8) is 0 Å². The van der Waals surface area contributed by atoms with Crippen LogP contribution < -0.4 is 25.9 Å². The van der Waals surface area contributed by atoms with Gasteiger partial charge in [-0.1, -0.05) is 50.2 Å². The smallest absolute Gasteiger partial charge is 0.261 e. The molecule has 5 rings (SSSR count). The molecule has 2 aliphatic rings. The zero-order valence-electron chi connectivity index (χ0n) is 14.5. The quantitative estimate of drug-likeness (QED) is 0.461. The van der Waals surface area contributed by atoms with Crippen molar-refractivity contribution in [2.24, 2.45) is 5.92 Å². The Hall–Kier alpha value is -2.68. The molecule has 0 amide bonds. The molecule has 0 radical (unpaired) electrons. The highest BCUT2D eigenvalue weighted by Crippen LogP contribution is 2.34. The van der Waals surface area contributed by atoms with Crippen LogP contribution >= 0.6 is 0 Å². The maximum Gasteiger partial charge on any atom is 0.261 e. The monoisotopic (exact) mass is 326 g/mol. The zero-order chi connectivity index (χ0) is 17.0. The molecule has 2 aliphatic heterocycles. The predicted octanol–water partition coefficient (Wildman–Crippen LogP) is 3.61. The molecule has 0 atom stereocenters. The van der Waals surface area contributed by atoms with Crippen LogP contribution in [0.5, 0.6) is 23.0 Å². The Morgan fingerprint density at radius 1 is 0.720 bits per heavy atom. The fourth-order valence-electron chi connectivity index (χ4n) is 4.11. The SMILES string of the molecule is CC(C)Cc1cccc2c1B1c3ccccc3Oc3cccc(c31)O2. The van der Waals surface area contributed by atoms with E-state index in [0.717, 1.165) is 34.9 Å². The topological polar surface area (TPSA) is 18.5 Å². The van der Waals surface area contributed by atoms with Gasteiger partial charge >= 0.3 is 0 Å². The summed E-state index contributed by atoms with van der Waals surface area (Å²) in [6.07, 6.45) is 1.05. The first-order valence-corrected chi connectivity index (χ1v) is 8.91. The van der Waals surface area contributed by atoms with Gasteiger partial charge in [-0.3, -0.25) is 0 Å². The molecule has 0 fully saturated rings. The highest BCUT2D eigenvalue weighted by atomic mass is 16.5. The Labute approximate surface area is 148 Å². The highest BCUT2D eigenvalue weighted by Gasteiger charge is 2.40. The minimum absolute atomic E-state index is 0.176. The van der Waals surface area contributed by atoms with Gasteiger partial charge in [-0.15, -0.1) is 0 Å². The summed E-state index contributed by atoms with van der Waals surface area (Å²) in [5.74, 6) is 4.34. The third-order valence-electron chi connectivity index (χ3n) is 5.06. The lowest BCUT2D eigenvalue weighted by molar-refractivity contribution is 0.464. The van der Waals surface area contributed by atoms with E-state index in [9.17, 15) is 0 Å². The van der Waals surface area contributed by atoms with Crippen LogP contribution in [0.1, 0.15) is 19.4 Å². The van der Waals surface area contributed by atoms with E-state index < -0.39 is 0 Å². The van der Waals surface area contributed by atoms with Crippen molar-refractivity contribution in [2.45, 2.75) is 20.3 Å². The number of para-hydroxylation sites is 1. The number of rotatable bonds is 2. The molecule has 0 spiro atoms. The van der Waals surface area contributed by atoms with Crippen molar-refractivity contribution in [1.82, 2.24) is 0 Å². The summed E-state index contributed by atoms with van der Waals surface area (Å²) >= 11 is 0. The van der Waals surface area contributed by atoms with E-state index in [-0.39, 0.29) is 6.71 Å².